The van der Waals surface area contributed by atoms with Gasteiger partial charge in [-0.1, -0.05) is 12.1 Å². The molecule has 1 unspecified atom stereocenters. The Morgan fingerprint density at radius 2 is 1.58 bits per heavy atom. The number of nitrogens with one attached hydrogen (secondary N) is 1. The van der Waals surface area contributed by atoms with Crippen molar-refractivity contribution in [3.63, 3.8) is 0 Å². The van der Waals surface area contributed by atoms with Crippen molar-refractivity contribution < 1.29 is 28.2 Å². The van der Waals surface area contributed by atoms with Gasteiger partial charge in [0.15, 0.2) is 6.10 Å². The second-order valence-corrected chi connectivity index (χ2v) is 9.64. The summed E-state index contributed by atoms with van der Waals surface area (Å²) in [5.74, 6) is -2.07. The number of hydrogen-bond acceptors (Lipinski definition) is 5. The minimum Gasteiger partial charge on any atom is -0.508 e. The highest BCUT2D eigenvalue weighted by Gasteiger charge is 2.55. The number of amides is 1. The number of phenols is 1. The van der Waals surface area contributed by atoms with E-state index < -0.39 is 23.6 Å². The molecule has 0 aliphatic carbocycles. The van der Waals surface area contributed by atoms with Crippen molar-refractivity contribution >= 4 is 17.3 Å². The largest absolute Gasteiger partial charge is 0.508 e. The molecule has 3 aromatic rings. The average Bonchev–Trinajstić information content (AvgIpc) is 3.21. The van der Waals surface area contributed by atoms with Crippen LogP contribution in [0.1, 0.15) is 11.7 Å². The van der Waals surface area contributed by atoms with E-state index in [1.807, 2.05) is 4.90 Å². The van der Waals surface area contributed by atoms with Crippen molar-refractivity contribution in [3.8, 4) is 5.75 Å². The van der Waals surface area contributed by atoms with Gasteiger partial charge in [0, 0.05) is 61.5 Å². The fraction of sp³-hybridized carbons (Fsp3) is 0.296. The Labute approximate surface area is 206 Å². The van der Waals surface area contributed by atoms with Crippen molar-refractivity contribution in [2.24, 2.45) is 11.3 Å². The molecule has 9 heteroatoms. The molecule has 0 saturated carbocycles. The summed E-state index contributed by atoms with van der Waals surface area (Å²) in [7, 11) is 0. The summed E-state index contributed by atoms with van der Waals surface area (Å²) in [6, 6.07) is 15.2. The first-order valence-electron chi connectivity index (χ1n) is 11.7. The Balaban J connectivity index is 1.33. The molecule has 0 aromatic heterocycles. The van der Waals surface area contributed by atoms with Crippen molar-refractivity contribution in [1.82, 2.24) is 4.90 Å². The highest BCUT2D eigenvalue weighted by atomic mass is 19.1. The number of aliphatic hydroxyl groups is 1. The van der Waals surface area contributed by atoms with E-state index in [0.29, 0.717) is 44.0 Å². The number of carbonyl (C=O) groups excluding carboxylic acids is 1. The van der Waals surface area contributed by atoms with Crippen molar-refractivity contribution in [3.05, 3.63) is 89.7 Å². The molecule has 2 aliphatic rings. The summed E-state index contributed by atoms with van der Waals surface area (Å²) in [6.45, 7) is 2.24. The van der Waals surface area contributed by atoms with E-state index in [4.69, 9.17) is 0 Å². The van der Waals surface area contributed by atoms with E-state index in [2.05, 4.69) is 5.32 Å². The number of hydrogen-bond donors (Lipinski definition) is 3. The smallest absolute Gasteiger partial charge is 0.256 e. The van der Waals surface area contributed by atoms with E-state index in [1.54, 1.807) is 17.0 Å². The lowest BCUT2D eigenvalue weighted by atomic mass is 9.71. The predicted molar refractivity (Wildman–Crippen MR) is 129 cm³/mol. The number of anilines is 2. The summed E-state index contributed by atoms with van der Waals surface area (Å²) >= 11 is 0. The van der Waals surface area contributed by atoms with Gasteiger partial charge >= 0.3 is 0 Å². The average molecular weight is 498 g/mol. The van der Waals surface area contributed by atoms with Gasteiger partial charge in [-0.05, 0) is 54.1 Å². The lowest BCUT2D eigenvalue weighted by molar-refractivity contribution is -0.140. The third-order valence-electron chi connectivity index (χ3n) is 7.19. The molecule has 0 radical (unpaired) electrons. The van der Waals surface area contributed by atoms with E-state index in [1.165, 1.54) is 48.5 Å². The molecule has 5 rings (SSSR count). The normalized spacial score (nSPS) is 19.3. The molecule has 2 heterocycles. The number of aliphatic hydroxyl groups excluding tert-OH is 1. The monoisotopic (exact) mass is 497 g/mol. The lowest BCUT2D eigenvalue weighted by Crippen LogP contribution is -2.61. The van der Waals surface area contributed by atoms with Crippen LogP contribution in [0, 0.1) is 28.8 Å². The molecule has 1 amide bonds. The van der Waals surface area contributed by atoms with Crippen LogP contribution < -0.4 is 10.2 Å². The zero-order valence-corrected chi connectivity index (χ0v) is 19.4. The molecule has 3 N–H and O–H groups in total. The first-order chi connectivity index (χ1) is 17.2. The molecular formula is C27H26F3N3O3. The molecule has 188 valence electrons. The van der Waals surface area contributed by atoms with Crippen LogP contribution in [0.15, 0.2) is 66.7 Å². The van der Waals surface area contributed by atoms with Crippen LogP contribution >= 0.6 is 0 Å². The van der Waals surface area contributed by atoms with Gasteiger partial charge in [0.1, 0.15) is 23.2 Å². The third kappa shape index (κ3) is 4.70. The van der Waals surface area contributed by atoms with Crippen LogP contribution in [-0.2, 0) is 4.79 Å². The number of benzene rings is 3. The van der Waals surface area contributed by atoms with Gasteiger partial charge in [-0.3, -0.25) is 4.79 Å². The molecule has 6 nitrogen and oxygen atoms in total. The van der Waals surface area contributed by atoms with E-state index in [-0.39, 0.29) is 22.9 Å². The highest BCUT2D eigenvalue weighted by molar-refractivity contribution is 5.82. The quantitative estimate of drug-likeness (QED) is 0.482. The van der Waals surface area contributed by atoms with Crippen molar-refractivity contribution in [1.29, 1.82) is 0 Å². The van der Waals surface area contributed by atoms with Crippen LogP contribution in [0.4, 0.5) is 24.5 Å². The third-order valence-corrected chi connectivity index (χ3v) is 7.19. The molecule has 2 saturated heterocycles. The predicted octanol–water partition coefficient (Wildman–Crippen LogP) is 3.92. The molecule has 2 fully saturated rings. The fourth-order valence-corrected chi connectivity index (χ4v) is 5.24. The Bertz CT molecular complexity index is 1230. The van der Waals surface area contributed by atoms with Gasteiger partial charge in [0.2, 0.25) is 0 Å². The summed E-state index contributed by atoms with van der Waals surface area (Å²) in [5, 5.41) is 23.5. The lowest BCUT2D eigenvalue weighted by Gasteiger charge is -2.52. The number of likely N-dealkylation sites (tertiary alicyclic amines) is 1. The second-order valence-electron chi connectivity index (χ2n) is 9.64. The molecule has 1 spiro atoms. The second kappa shape index (κ2) is 9.39. The van der Waals surface area contributed by atoms with Gasteiger partial charge in [0.05, 0.1) is 0 Å². The minimum absolute atomic E-state index is 0.0202. The summed E-state index contributed by atoms with van der Waals surface area (Å²) in [6.07, 6.45) is -1.38. The highest BCUT2D eigenvalue weighted by Crippen LogP contribution is 2.46. The number of phenolic OH excluding ortho intramolecular Hbond substituents is 1. The maximum absolute atomic E-state index is 13.8. The maximum Gasteiger partial charge on any atom is 0.256 e. The van der Waals surface area contributed by atoms with Gasteiger partial charge in [-0.25, -0.2) is 13.2 Å². The fourth-order valence-electron chi connectivity index (χ4n) is 5.24. The SMILES string of the molecule is O=C([C@H](O)c1ccc(O)cc1)N1CC(CNc2ccc(F)cc2)C2(C1)CN(c1cc(F)cc(F)c1)C2. The van der Waals surface area contributed by atoms with Gasteiger partial charge in [-0.15, -0.1) is 0 Å². The molecule has 2 aliphatic heterocycles. The number of aromatic hydroxyl groups is 1. The molecule has 0 bridgehead atoms. The molecular weight excluding hydrogens is 471 g/mol. The van der Waals surface area contributed by atoms with Gasteiger partial charge < -0.3 is 25.3 Å². The maximum atomic E-state index is 13.8. The topological polar surface area (TPSA) is 76.0 Å². The van der Waals surface area contributed by atoms with Crippen LogP contribution in [0.25, 0.3) is 0 Å². The van der Waals surface area contributed by atoms with E-state index in [9.17, 15) is 28.2 Å². The Morgan fingerprint density at radius 1 is 0.944 bits per heavy atom. The Kier molecular flexibility index (Phi) is 6.26. The van der Waals surface area contributed by atoms with Crippen LogP contribution in [0.2, 0.25) is 0 Å². The van der Waals surface area contributed by atoms with Gasteiger partial charge in [0.25, 0.3) is 5.91 Å². The number of rotatable bonds is 6. The zero-order valence-electron chi connectivity index (χ0n) is 19.4. The zero-order chi connectivity index (χ0) is 25.4. The number of nitrogens with zero attached hydrogens (tertiary/aromatic N) is 2. The molecule has 2 atom stereocenters. The van der Waals surface area contributed by atoms with Crippen LogP contribution in [0.3, 0.4) is 0 Å². The van der Waals surface area contributed by atoms with Crippen LogP contribution in [0.5, 0.6) is 5.75 Å². The summed E-state index contributed by atoms with van der Waals surface area (Å²) < 4.78 is 40.8. The van der Waals surface area contributed by atoms with E-state index in [0.717, 1.165) is 11.8 Å². The number of carbonyl (C=O) groups is 1. The van der Waals surface area contributed by atoms with E-state index >= 15 is 0 Å². The van der Waals surface area contributed by atoms with Crippen molar-refractivity contribution in [2.45, 2.75) is 6.10 Å². The summed E-state index contributed by atoms with van der Waals surface area (Å²) in [5.41, 5.74) is 1.21. The minimum atomic E-state index is -1.38. The Hall–Kier alpha value is -3.72. The summed E-state index contributed by atoms with van der Waals surface area (Å²) in [4.78, 5) is 16.7. The Morgan fingerprint density at radius 3 is 2.22 bits per heavy atom. The standard InChI is InChI=1S/C27H26F3N3O3/c28-19-3-5-22(6-4-19)31-12-18-13-32(26(36)25(35)17-1-7-24(34)8-2-17)14-27(18)15-33(16-27)23-10-20(29)9-21(30)11-23/h1-11,18,25,31,34-35H,12-16H2/t18?,25-/m1/s1. The first-order valence-corrected chi connectivity index (χ1v) is 11.7. The molecule has 3 aromatic carbocycles. The molecule has 36 heavy (non-hydrogen) atoms. The first kappa shape index (κ1) is 24.0. The van der Waals surface area contributed by atoms with Crippen LogP contribution in [-0.4, -0.2) is 53.7 Å². The number of halogens is 3. The van der Waals surface area contributed by atoms with Crippen molar-refractivity contribution in [2.75, 3.05) is 42.9 Å². The van der Waals surface area contributed by atoms with Gasteiger partial charge in [-0.2, -0.15) is 0 Å².